The Hall–Kier alpha value is -5.09. The van der Waals surface area contributed by atoms with E-state index in [9.17, 15) is 19.2 Å². The molecule has 0 radical (unpaired) electrons. The van der Waals surface area contributed by atoms with Gasteiger partial charge in [-0.05, 0) is 60.7 Å². The molecule has 0 saturated heterocycles. The fraction of sp³-hybridized carbons (Fsp3) is 0.188. The zero-order chi connectivity index (χ0) is 31.0. The van der Waals surface area contributed by atoms with E-state index < -0.39 is 23.8 Å². The van der Waals surface area contributed by atoms with Crippen molar-refractivity contribution in [3.8, 4) is 17.2 Å². The Kier molecular flexibility index (Phi) is 12.8. The van der Waals surface area contributed by atoms with Crippen LogP contribution in [0.3, 0.4) is 0 Å². The van der Waals surface area contributed by atoms with Crippen molar-refractivity contribution in [2.45, 2.75) is 12.8 Å². The molecule has 3 aromatic carbocycles. The lowest BCUT2D eigenvalue weighted by Crippen LogP contribution is -2.13. The highest BCUT2D eigenvalue weighted by atomic mass is 35.5. The number of carbonyl (C=O) groups excluding carboxylic acids is 4. The summed E-state index contributed by atoms with van der Waals surface area (Å²) in [4.78, 5) is 47.3. The first-order chi connectivity index (χ1) is 20.8. The average Bonchev–Trinajstić information content (AvgIpc) is 3.02. The molecule has 0 unspecified atom stereocenters. The maximum atomic E-state index is 12.7. The van der Waals surface area contributed by atoms with Gasteiger partial charge in [-0.3, -0.25) is 4.79 Å². The van der Waals surface area contributed by atoms with Gasteiger partial charge in [-0.1, -0.05) is 24.8 Å². The minimum Gasteiger partial charge on any atom is -0.493 e. The normalized spacial score (nSPS) is 10.2. The van der Waals surface area contributed by atoms with E-state index in [4.69, 9.17) is 35.3 Å². The maximum Gasteiger partial charge on any atom is 0.343 e. The number of esters is 3. The van der Waals surface area contributed by atoms with Crippen LogP contribution in [-0.2, 0) is 19.1 Å². The van der Waals surface area contributed by atoms with Gasteiger partial charge in [0.05, 0.1) is 42.7 Å². The molecule has 43 heavy (non-hydrogen) atoms. The molecule has 0 fully saturated rings. The lowest BCUT2D eigenvalue weighted by atomic mass is 10.2. The molecule has 0 atom stereocenters. The number of hydrogen-bond donors (Lipinski definition) is 1. The average molecular weight is 608 g/mol. The summed E-state index contributed by atoms with van der Waals surface area (Å²) in [5.74, 6) is -0.674. The number of amides is 1. The summed E-state index contributed by atoms with van der Waals surface area (Å²) in [7, 11) is 0. The standard InChI is InChI=1S/C32H30ClNO9/c1-3-29(35)41-19-5-17-39-24-11-7-22(8-12-24)31(37)34-28-16-15-26(21-27(28)33)43-32(38)23-9-13-25(14-10-23)40-18-6-20-42-30(36)4-2/h3-4,7-16,21H,1-2,5-6,17-20H2,(H,34,37). The number of anilines is 1. The van der Waals surface area contributed by atoms with Crippen LogP contribution in [0.25, 0.3) is 0 Å². The van der Waals surface area contributed by atoms with Crippen molar-refractivity contribution >= 4 is 41.1 Å². The fourth-order valence-electron chi connectivity index (χ4n) is 3.37. The summed E-state index contributed by atoms with van der Waals surface area (Å²) in [6.45, 7) is 7.74. The minimum atomic E-state index is -0.601. The van der Waals surface area contributed by atoms with E-state index in [-0.39, 0.29) is 24.0 Å². The van der Waals surface area contributed by atoms with Crippen molar-refractivity contribution in [3.05, 3.63) is 108 Å². The topological polar surface area (TPSA) is 126 Å². The van der Waals surface area contributed by atoms with Crippen molar-refractivity contribution in [1.29, 1.82) is 0 Å². The van der Waals surface area contributed by atoms with Crippen molar-refractivity contribution in [2.24, 2.45) is 0 Å². The van der Waals surface area contributed by atoms with Gasteiger partial charge >= 0.3 is 17.9 Å². The van der Waals surface area contributed by atoms with Gasteiger partial charge in [-0.15, -0.1) is 0 Å². The molecule has 3 aromatic rings. The first-order valence-corrected chi connectivity index (χ1v) is 13.5. The Morgan fingerprint density at radius 3 is 1.65 bits per heavy atom. The van der Waals surface area contributed by atoms with Gasteiger partial charge in [0.15, 0.2) is 0 Å². The van der Waals surface area contributed by atoms with Crippen LogP contribution in [0.1, 0.15) is 33.6 Å². The van der Waals surface area contributed by atoms with Gasteiger partial charge in [0.25, 0.3) is 5.91 Å². The van der Waals surface area contributed by atoms with Crippen LogP contribution in [0.2, 0.25) is 5.02 Å². The van der Waals surface area contributed by atoms with Gasteiger partial charge in [0.1, 0.15) is 17.2 Å². The molecule has 0 spiro atoms. The van der Waals surface area contributed by atoms with Gasteiger partial charge in [0.2, 0.25) is 0 Å². The quantitative estimate of drug-likeness (QED) is 0.0929. The molecule has 0 bridgehead atoms. The Morgan fingerprint density at radius 1 is 0.674 bits per heavy atom. The van der Waals surface area contributed by atoms with E-state index in [2.05, 4.69) is 18.5 Å². The molecule has 10 nitrogen and oxygen atoms in total. The molecule has 3 rings (SSSR count). The Labute approximate surface area is 253 Å². The maximum absolute atomic E-state index is 12.7. The first kappa shape index (κ1) is 32.4. The molecule has 224 valence electrons. The third-order valence-electron chi connectivity index (χ3n) is 5.54. The second kappa shape index (κ2) is 17.0. The number of hydrogen-bond acceptors (Lipinski definition) is 9. The highest BCUT2D eigenvalue weighted by molar-refractivity contribution is 6.34. The van der Waals surface area contributed by atoms with Crippen LogP contribution in [0, 0.1) is 0 Å². The Morgan fingerprint density at radius 2 is 1.16 bits per heavy atom. The van der Waals surface area contributed by atoms with E-state index in [1.807, 2.05) is 0 Å². The number of halogens is 1. The lowest BCUT2D eigenvalue weighted by Gasteiger charge is -2.11. The predicted molar refractivity (Wildman–Crippen MR) is 160 cm³/mol. The summed E-state index contributed by atoms with van der Waals surface area (Å²) < 4.78 is 26.3. The summed E-state index contributed by atoms with van der Waals surface area (Å²) >= 11 is 6.33. The monoisotopic (exact) mass is 607 g/mol. The minimum absolute atomic E-state index is 0.179. The molecular formula is C32H30ClNO9. The van der Waals surface area contributed by atoms with Gasteiger partial charge in [-0.2, -0.15) is 0 Å². The number of benzene rings is 3. The number of carbonyl (C=O) groups is 4. The lowest BCUT2D eigenvalue weighted by molar-refractivity contribution is -0.138. The first-order valence-electron chi connectivity index (χ1n) is 13.2. The second-order valence-corrected chi connectivity index (χ2v) is 9.09. The van der Waals surface area contributed by atoms with Gasteiger partial charge < -0.3 is 29.0 Å². The number of nitrogens with one attached hydrogen (secondary N) is 1. The largest absolute Gasteiger partial charge is 0.493 e. The van der Waals surface area contributed by atoms with Crippen LogP contribution in [-0.4, -0.2) is 50.2 Å². The Balaban J connectivity index is 1.45. The number of rotatable bonds is 16. The number of ether oxygens (including phenoxy) is 5. The van der Waals surface area contributed by atoms with Crippen molar-refractivity contribution < 1.29 is 42.9 Å². The summed E-state index contributed by atoms with van der Waals surface area (Å²) in [6.07, 6.45) is 3.20. The molecule has 1 N–H and O–H groups in total. The molecule has 0 aromatic heterocycles. The van der Waals surface area contributed by atoms with E-state index in [0.29, 0.717) is 54.4 Å². The van der Waals surface area contributed by atoms with Gasteiger partial charge in [0, 0.05) is 36.6 Å². The highest BCUT2D eigenvalue weighted by Crippen LogP contribution is 2.28. The third-order valence-corrected chi connectivity index (χ3v) is 5.86. The molecule has 11 heteroatoms. The zero-order valence-electron chi connectivity index (χ0n) is 23.2. The summed E-state index contributed by atoms with van der Waals surface area (Å²) in [5.41, 5.74) is 1.01. The second-order valence-electron chi connectivity index (χ2n) is 8.68. The summed E-state index contributed by atoms with van der Waals surface area (Å²) in [6, 6.07) is 17.3. The van der Waals surface area contributed by atoms with Crippen molar-refractivity contribution in [2.75, 3.05) is 31.7 Å². The van der Waals surface area contributed by atoms with E-state index >= 15 is 0 Å². The highest BCUT2D eigenvalue weighted by Gasteiger charge is 2.13. The third kappa shape index (κ3) is 11.0. The molecular weight excluding hydrogens is 578 g/mol. The molecule has 0 saturated carbocycles. The van der Waals surface area contributed by atoms with Crippen LogP contribution in [0.5, 0.6) is 17.2 Å². The Bertz CT molecular complexity index is 1440. The van der Waals surface area contributed by atoms with Crippen LogP contribution >= 0.6 is 11.6 Å². The molecule has 0 heterocycles. The van der Waals surface area contributed by atoms with Crippen LogP contribution in [0.15, 0.2) is 92.0 Å². The fourth-order valence-corrected chi connectivity index (χ4v) is 3.59. The zero-order valence-corrected chi connectivity index (χ0v) is 24.0. The van der Waals surface area contributed by atoms with E-state index in [0.717, 1.165) is 12.2 Å². The smallest absolute Gasteiger partial charge is 0.343 e. The van der Waals surface area contributed by atoms with Crippen molar-refractivity contribution in [1.82, 2.24) is 0 Å². The molecule has 0 aliphatic heterocycles. The molecule has 0 aliphatic carbocycles. The molecule has 0 aliphatic rings. The molecule has 1 amide bonds. The van der Waals surface area contributed by atoms with Crippen LogP contribution in [0.4, 0.5) is 5.69 Å². The van der Waals surface area contributed by atoms with Crippen molar-refractivity contribution in [3.63, 3.8) is 0 Å². The predicted octanol–water partition coefficient (Wildman–Crippen LogP) is 5.81. The van der Waals surface area contributed by atoms with E-state index in [1.54, 1.807) is 48.5 Å². The van der Waals surface area contributed by atoms with E-state index in [1.165, 1.54) is 18.2 Å². The van der Waals surface area contributed by atoms with Crippen LogP contribution < -0.4 is 19.5 Å². The summed E-state index contributed by atoms with van der Waals surface area (Å²) in [5, 5.41) is 2.90. The van der Waals surface area contributed by atoms with Gasteiger partial charge in [-0.25, -0.2) is 14.4 Å². The SMILES string of the molecule is C=CC(=O)OCCCOc1ccc(C(=O)Nc2ccc(OC(=O)c3ccc(OCCCOC(=O)C=C)cc3)cc2Cl)cc1.